The molecule has 4 rings (SSSR count). The van der Waals surface area contributed by atoms with Gasteiger partial charge in [-0.25, -0.2) is 12.8 Å². The molecule has 1 aliphatic heterocycles. The van der Waals surface area contributed by atoms with Gasteiger partial charge >= 0.3 is 0 Å². The number of sulfonamides is 1. The quantitative estimate of drug-likeness (QED) is 0.539. The number of ketones is 1. The lowest BCUT2D eigenvalue weighted by Crippen LogP contribution is -2.38. The van der Waals surface area contributed by atoms with Gasteiger partial charge in [0.1, 0.15) is 16.4 Å². The van der Waals surface area contributed by atoms with Gasteiger partial charge in [-0.2, -0.15) is 0 Å². The number of ether oxygens (including phenoxy) is 1. The number of Topliss-reactive ketones (excluding diaryl/α,β-unsaturated/α-hetero) is 1. The molecule has 1 aliphatic rings. The third-order valence-electron chi connectivity index (χ3n) is 4.67. The van der Waals surface area contributed by atoms with E-state index in [1.807, 2.05) is 6.92 Å². The number of benzene rings is 2. The molecule has 0 saturated carbocycles. The molecule has 2 heterocycles. The Kier molecular flexibility index (Phi) is 5.79. The molecule has 3 aromatic rings. The van der Waals surface area contributed by atoms with Gasteiger partial charge in [-0.15, -0.1) is 11.3 Å². The van der Waals surface area contributed by atoms with Crippen LogP contribution >= 0.6 is 11.3 Å². The molecule has 1 aromatic heterocycles. The molecule has 0 spiro atoms. The Morgan fingerprint density at radius 1 is 1.16 bits per heavy atom. The summed E-state index contributed by atoms with van der Waals surface area (Å²) in [5.74, 6) is -0.503. The van der Waals surface area contributed by atoms with Crippen LogP contribution < -0.4 is 14.4 Å². The molecule has 0 atom stereocenters. The van der Waals surface area contributed by atoms with Crippen LogP contribution in [0.4, 0.5) is 15.8 Å². The molecule has 0 bridgehead atoms. The molecule has 0 radical (unpaired) electrons. The maximum absolute atomic E-state index is 13.6. The van der Waals surface area contributed by atoms with Crippen molar-refractivity contribution in [1.29, 1.82) is 0 Å². The van der Waals surface area contributed by atoms with E-state index in [-0.39, 0.29) is 11.4 Å². The highest BCUT2D eigenvalue weighted by molar-refractivity contribution is 7.97. The van der Waals surface area contributed by atoms with Gasteiger partial charge in [-0.1, -0.05) is 24.3 Å². The first kappa shape index (κ1) is 21.1. The average Bonchev–Trinajstić information content (AvgIpc) is 3.22. The second kappa shape index (κ2) is 8.52. The van der Waals surface area contributed by atoms with Gasteiger partial charge in [0.25, 0.3) is 10.0 Å². The smallest absolute Gasteiger partial charge is 0.270 e. The van der Waals surface area contributed by atoms with Crippen molar-refractivity contribution >= 4 is 38.5 Å². The van der Waals surface area contributed by atoms with Crippen molar-refractivity contribution in [3.05, 3.63) is 87.3 Å². The van der Waals surface area contributed by atoms with Crippen molar-refractivity contribution in [2.75, 3.05) is 16.2 Å². The van der Waals surface area contributed by atoms with Crippen LogP contribution in [0.5, 0.6) is 5.75 Å². The van der Waals surface area contributed by atoms with Crippen LogP contribution in [0.3, 0.4) is 0 Å². The predicted molar refractivity (Wildman–Crippen MR) is 119 cm³/mol. The Morgan fingerprint density at radius 2 is 1.97 bits per heavy atom. The highest BCUT2D eigenvalue weighted by atomic mass is 32.2. The number of rotatable bonds is 6. The van der Waals surface area contributed by atoms with Crippen molar-refractivity contribution in [2.24, 2.45) is 0 Å². The minimum Gasteiger partial charge on any atom is -0.492 e. The van der Waals surface area contributed by atoms with E-state index in [1.54, 1.807) is 41.8 Å². The zero-order chi connectivity index (χ0) is 22.0. The number of hydrogen-bond donors (Lipinski definition) is 1. The van der Waals surface area contributed by atoms with Gasteiger partial charge in [0.15, 0.2) is 4.91 Å². The molecule has 0 unspecified atom stereocenters. The average molecular weight is 459 g/mol. The Morgan fingerprint density at radius 3 is 2.74 bits per heavy atom. The van der Waals surface area contributed by atoms with E-state index in [0.717, 1.165) is 4.31 Å². The third kappa shape index (κ3) is 4.06. The SMILES string of the molecule is CCOc1ccccc1N/C=C1/C(=O)c2sccc2N(Cc2cccc(F)c2)S1(=O)=O. The van der Waals surface area contributed by atoms with Crippen molar-refractivity contribution in [3.8, 4) is 5.75 Å². The second-order valence-corrected chi connectivity index (χ2v) is 9.43. The zero-order valence-corrected chi connectivity index (χ0v) is 18.2. The lowest BCUT2D eigenvalue weighted by Gasteiger charge is -2.29. The fourth-order valence-corrected chi connectivity index (χ4v) is 5.75. The number of nitrogens with zero attached hydrogens (tertiary/aromatic N) is 1. The second-order valence-electron chi connectivity index (χ2n) is 6.69. The molecular weight excluding hydrogens is 439 g/mol. The highest BCUT2D eigenvalue weighted by Gasteiger charge is 2.41. The number of carbonyl (C=O) groups is 1. The minimum atomic E-state index is -4.18. The molecule has 0 aliphatic carbocycles. The first-order valence-corrected chi connectivity index (χ1v) is 11.8. The number of thiophene rings is 1. The van der Waals surface area contributed by atoms with E-state index >= 15 is 0 Å². The van der Waals surface area contributed by atoms with Crippen LogP contribution in [-0.2, 0) is 16.6 Å². The Balaban J connectivity index is 1.74. The molecule has 0 fully saturated rings. The highest BCUT2D eigenvalue weighted by Crippen LogP contribution is 2.39. The first-order chi connectivity index (χ1) is 14.9. The van der Waals surface area contributed by atoms with Crippen LogP contribution in [0, 0.1) is 5.82 Å². The third-order valence-corrected chi connectivity index (χ3v) is 7.34. The number of halogens is 1. The summed E-state index contributed by atoms with van der Waals surface area (Å²) in [5.41, 5.74) is 1.31. The monoisotopic (exact) mass is 458 g/mol. The lowest BCUT2D eigenvalue weighted by atomic mass is 10.2. The number of allylic oxidation sites excluding steroid dienone is 1. The summed E-state index contributed by atoms with van der Waals surface area (Å²) in [6.45, 7) is 2.18. The molecule has 0 amide bonds. The van der Waals surface area contributed by atoms with Gasteiger partial charge in [0.05, 0.1) is 24.5 Å². The van der Waals surface area contributed by atoms with Gasteiger partial charge < -0.3 is 10.1 Å². The van der Waals surface area contributed by atoms with E-state index in [9.17, 15) is 17.6 Å². The summed E-state index contributed by atoms with van der Waals surface area (Å²) < 4.78 is 47.1. The number of anilines is 2. The Labute approximate surface area is 183 Å². The predicted octanol–water partition coefficient (Wildman–Crippen LogP) is 4.77. The molecule has 0 saturated heterocycles. The van der Waals surface area contributed by atoms with Crippen LogP contribution in [0.1, 0.15) is 22.2 Å². The molecular formula is C22H19FN2O4S2. The van der Waals surface area contributed by atoms with Crippen LogP contribution in [0.2, 0.25) is 0 Å². The number of carbonyl (C=O) groups excluding carboxylic acids is 1. The minimum absolute atomic E-state index is 0.0933. The Hall–Kier alpha value is -3.17. The molecule has 1 N–H and O–H groups in total. The fraction of sp³-hybridized carbons (Fsp3) is 0.136. The summed E-state index contributed by atoms with van der Waals surface area (Å²) in [4.78, 5) is 12.9. The summed E-state index contributed by atoms with van der Waals surface area (Å²) in [6, 6.07) is 14.3. The summed E-state index contributed by atoms with van der Waals surface area (Å²) in [5, 5.41) is 4.57. The zero-order valence-electron chi connectivity index (χ0n) is 16.5. The van der Waals surface area contributed by atoms with Gasteiger partial charge in [-0.3, -0.25) is 9.10 Å². The Bertz CT molecular complexity index is 1270. The van der Waals surface area contributed by atoms with Gasteiger partial charge in [0, 0.05) is 6.20 Å². The van der Waals surface area contributed by atoms with Gasteiger partial charge in [0.2, 0.25) is 5.78 Å². The van der Waals surface area contributed by atoms with Gasteiger partial charge in [-0.05, 0) is 48.2 Å². The molecule has 2 aromatic carbocycles. The summed E-state index contributed by atoms with van der Waals surface area (Å²) in [6.07, 6.45) is 1.19. The maximum Gasteiger partial charge on any atom is 0.270 e. The first-order valence-electron chi connectivity index (χ1n) is 9.49. The van der Waals surface area contributed by atoms with Crippen molar-refractivity contribution in [1.82, 2.24) is 0 Å². The summed E-state index contributed by atoms with van der Waals surface area (Å²) in [7, 11) is -4.18. The molecule has 160 valence electrons. The van der Waals surface area contributed by atoms with E-state index < -0.39 is 21.6 Å². The van der Waals surface area contributed by atoms with E-state index in [1.165, 1.54) is 35.7 Å². The normalized spacial score (nSPS) is 16.3. The number of para-hydroxylation sites is 2. The topological polar surface area (TPSA) is 75.7 Å². The van der Waals surface area contributed by atoms with Crippen molar-refractivity contribution in [3.63, 3.8) is 0 Å². The largest absolute Gasteiger partial charge is 0.492 e. The standard InChI is InChI=1S/C22H19FN2O4S2/c1-2-29-19-9-4-3-8-17(19)24-13-20-21(26)22-18(10-11-30-22)25(31(20,27)28)14-15-6-5-7-16(23)12-15/h3-13,24H,2,14H2,1H3/b20-13-. The number of hydrogen-bond acceptors (Lipinski definition) is 6. The maximum atomic E-state index is 13.6. The molecule has 9 heteroatoms. The van der Waals surface area contributed by atoms with Crippen LogP contribution in [-0.4, -0.2) is 20.8 Å². The lowest BCUT2D eigenvalue weighted by molar-refractivity contribution is 0.104. The van der Waals surface area contributed by atoms with E-state index in [2.05, 4.69) is 5.32 Å². The van der Waals surface area contributed by atoms with E-state index in [0.29, 0.717) is 34.2 Å². The molecule has 6 nitrogen and oxygen atoms in total. The number of fused-ring (bicyclic) bond motifs is 1. The number of nitrogens with one attached hydrogen (secondary N) is 1. The summed E-state index contributed by atoms with van der Waals surface area (Å²) >= 11 is 1.17. The molecule has 31 heavy (non-hydrogen) atoms. The van der Waals surface area contributed by atoms with Crippen molar-refractivity contribution < 1.29 is 22.3 Å². The fourth-order valence-electron chi connectivity index (χ4n) is 3.27. The van der Waals surface area contributed by atoms with Crippen LogP contribution in [0.25, 0.3) is 0 Å². The van der Waals surface area contributed by atoms with Crippen molar-refractivity contribution in [2.45, 2.75) is 13.5 Å². The van der Waals surface area contributed by atoms with E-state index in [4.69, 9.17) is 4.74 Å². The van der Waals surface area contributed by atoms with Crippen LogP contribution in [0.15, 0.2) is 71.1 Å².